The summed E-state index contributed by atoms with van der Waals surface area (Å²) in [5, 5.41) is 4.59. The first-order chi connectivity index (χ1) is 15.2. The number of thiophene rings is 1. The Morgan fingerprint density at radius 3 is 2.52 bits per heavy atom. The molecule has 31 heavy (non-hydrogen) atoms. The minimum Gasteiger partial charge on any atom is -0.462 e. The predicted molar refractivity (Wildman–Crippen MR) is 128 cm³/mol. The summed E-state index contributed by atoms with van der Waals surface area (Å²) in [4.78, 5) is 26.4. The molecular formula is C22H23N5O2S2. The number of hydrogen-bond acceptors (Lipinski definition) is 7. The lowest BCUT2D eigenvalue weighted by Crippen LogP contribution is -2.50. The molecular weight excluding hydrogens is 430 g/mol. The van der Waals surface area contributed by atoms with Gasteiger partial charge in [0.2, 0.25) is 5.95 Å². The zero-order valence-corrected chi connectivity index (χ0v) is 18.8. The normalized spacial score (nSPS) is 13.7. The van der Waals surface area contributed by atoms with Crippen LogP contribution in [-0.2, 0) is 4.74 Å². The lowest BCUT2D eigenvalue weighted by Gasteiger charge is -2.36. The molecule has 1 aromatic carbocycles. The Bertz CT molecular complexity index is 1030. The van der Waals surface area contributed by atoms with E-state index in [1.807, 2.05) is 42.5 Å². The van der Waals surface area contributed by atoms with Crippen LogP contribution >= 0.6 is 23.6 Å². The smallest absolute Gasteiger partial charge is 0.341 e. The first-order valence-corrected chi connectivity index (χ1v) is 11.3. The molecule has 0 aliphatic carbocycles. The average molecular weight is 454 g/mol. The van der Waals surface area contributed by atoms with Crippen molar-refractivity contribution in [1.82, 2.24) is 14.9 Å². The summed E-state index contributed by atoms with van der Waals surface area (Å²) in [7, 11) is 0. The number of anilines is 2. The van der Waals surface area contributed by atoms with Gasteiger partial charge in [-0.1, -0.05) is 30.3 Å². The van der Waals surface area contributed by atoms with Crippen LogP contribution in [-0.4, -0.2) is 58.7 Å². The van der Waals surface area contributed by atoms with Crippen LogP contribution in [0.4, 0.5) is 10.9 Å². The van der Waals surface area contributed by atoms with Crippen LogP contribution in [0.2, 0.25) is 0 Å². The summed E-state index contributed by atoms with van der Waals surface area (Å²) >= 11 is 7.17. The van der Waals surface area contributed by atoms with E-state index >= 15 is 0 Å². The van der Waals surface area contributed by atoms with Gasteiger partial charge in [0.1, 0.15) is 5.00 Å². The Morgan fingerprint density at radius 2 is 1.84 bits per heavy atom. The van der Waals surface area contributed by atoms with Crippen LogP contribution in [0.1, 0.15) is 17.3 Å². The van der Waals surface area contributed by atoms with Gasteiger partial charge in [0.05, 0.1) is 12.2 Å². The molecule has 0 spiro atoms. The molecule has 0 atom stereocenters. The summed E-state index contributed by atoms with van der Waals surface area (Å²) in [6.07, 6.45) is 3.50. The minimum atomic E-state index is -0.350. The molecule has 7 nitrogen and oxygen atoms in total. The van der Waals surface area contributed by atoms with Gasteiger partial charge in [-0.05, 0) is 36.8 Å². The molecule has 0 unspecified atom stereocenters. The van der Waals surface area contributed by atoms with Crippen molar-refractivity contribution in [3.63, 3.8) is 0 Å². The van der Waals surface area contributed by atoms with Crippen molar-refractivity contribution in [2.75, 3.05) is 43.0 Å². The number of nitrogens with one attached hydrogen (secondary N) is 1. The monoisotopic (exact) mass is 453 g/mol. The lowest BCUT2D eigenvalue weighted by molar-refractivity contribution is 0.0528. The maximum Gasteiger partial charge on any atom is 0.341 e. The van der Waals surface area contributed by atoms with Crippen LogP contribution in [0.25, 0.3) is 10.4 Å². The van der Waals surface area contributed by atoms with Gasteiger partial charge in [-0.3, -0.25) is 0 Å². The van der Waals surface area contributed by atoms with Gasteiger partial charge in [-0.2, -0.15) is 0 Å². The zero-order valence-electron chi connectivity index (χ0n) is 17.2. The van der Waals surface area contributed by atoms with Crippen molar-refractivity contribution in [1.29, 1.82) is 0 Å². The summed E-state index contributed by atoms with van der Waals surface area (Å²) < 4.78 is 5.26. The molecule has 1 aliphatic heterocycles. The zero-order chi connectivity index (χ0) is 21.6. The number of aromatic nitrogens is 2. The SMILES string of the molecule is CCOC(=O)c1cc(-c2ccccc2)sc1NC(=S)N1CCN(c2ncccn2)CC1. The molecule has 1 N–H and O–H groups in total. The molecule has 1 aliphatic rings. The topological polar surface area (TPSA) is 70.6 Å². The lowest BCUT2D eigenvalue weighted by atomic mass is 10.1. The number of esters is 1. The number of hydrogen-bond donors (Lipinski definition) is 1. The first kappa shape index (κ1) is 21.2. The van der Waals surface area contributed by atoms with Crippen molar-refractivity contribution in [2.24, 2.45) is 0 Å². The van der Waals surface area contributed by atoms with Gasteiger partial charge in [-0.15, -0.1) is 11.3 Å². The van der Waals surface area contributed by atoms with Crippen LogP contribution in [0.15, 0.2) is 54.9 Å². The highest BCUT2D eigenvalue weighted by Gasteiger charge is 2.23. The van der Waals surface area contributed by atoms with Gasteiger partial charge < -0.3 is 19.9 Å². The fraction of sp³-hybridized carbons (Fsp3) is 0.273. The highest BCUT2D eigenvalue weighted by atomic mass is 32.1. The third-order valence-electron chi connectivity index (χ3n) is 4.91. The second-order valence-electron chi connectivity index (χ2n) is 6.89. The molecule has 4 rings (SSSR count). The average Bonchev–Trinajstić information content (AvgIpc) is 3.24. The van der Waals surface area contributed by atoms with E-state index in [0.717, 1.165) is 42.6 Å². The van der Waals surface area contributed by atoms with Gasteiger partial charge >= 0.3 is 5.97 Å². The van der Waals surface area contributed by atoms with Gasteiger partial charge in [0.25, 0.3) is 0 Å². The number of benzene rings is 1. The Hall–Kier alpha value is -3.04. The number of rotatable bonds is 5. The molecule has 3 heterocycles. The van der Waals surface area contributed by atoms with Crippen molar-refractivity contribution in [3.05, 3.63) is 60.4 Å². The van der Waals surface area contributed by atoms with E-state index in [4.69, 9.17) is 17.0 Å². The molecule has 160 valence electrons. The second-order valence-corrected chi connectivity index (χ2v) is 8.33. The Labute approximate surface area is 190 Å². The van der Waals surface area contributed by atoms with Crippen molar-refractivity contribution in [3.8, 4) is 10.4 Å². The van der Waals surface area contributed by atoms with Gasteiger partial charge in [0, 0.05) is 43.4 Å². The summed E-state index contributed by atoms with van der Waals surface area (Å²) in [6.45, 7) is 5.16. The van der Waals surface area contributed by atoms with E-state index in [1.165, 1.54) is 11.3 Å². The fourth-order valence-electron chi connectivity index (χ4n) is 3.33. The predicted octanol–water partition coefficient (Wildman–Crippen LogP) is 3.90. The maximum absolute atomic E-state index is 12.5. The fourth-order valence-corrected chi connectivity index (χ4v) is 4.73. The van der Waals surface area contributed by atoms with Crippen molar-refractivity contribution in [2.45, 2.75) is 6.92 Å². The van der Waals surface area contributed by atoms with E-state index in [-0.39, 0.29) is 5.97 Å². The third kappa shape index (κ3) is 5.00. The molecule has 3 aromatic rings. The highest BCUT2D eigenvalue weighted by Crippen LogP contribution is 2.36. The minimum absolute atomic E-state index is 0.322. The molecule has 0 amide bonds. The van der Waals surface area contributed by atoms with E-state index in [1.54, 1.807) is 19.3 Å². The number of thiocarbonyl (C=S) groups is 1. The molecule has 0 saturated carbocycles. The summed E-state index contributed by atoms with van der Waals surface area (Å²) in [5.74, 6) is 0.383. The van der Waals surface area contributed by atoms with E-state index < -0.39 is 0 Å². The van der Waals surface area contributed by atoms with Crippen molar-refractivity contribution >= 4 is 45.6 Å². The standard InChI is InChI=1S/C22H23N5O2S2/c1-2-29-20(28)17-15-18(16-7-4-3-5-8-16)31-19(17)25-22(30)27-13-11-26(12-14-27)21-23-9-6-10-24-21/h3-10,15H,2,11-14H2,1H3,(H,25,30). The number of carbonyl (C=O) groups excluding carboxylic acids is 1. The number of ether oxygens (including phenoxy) is 1. The third-order valence-corrected chi connectivity index (χ3v) is 6.37. The molecule has 0 bridgehead atoms. The Morgan fingerprint density at radius 1 is 1.13 bits per heavy atom. The quantitative estimate of drug-likeness (QED) is 0.461. The number of piperazine rings is 1. The van der Waals surface area contributed by atoms with Gasteiger partial charge in [0.15, 0.2) is 5.11 Å². The van der Waals surface area contributed by atoms with Crippen LogP contribution in [0, 0.1) is 0 Å². The number of carbonyl (C=O) groups is 1. The summed E-state index contributed by atoms with van der Waals surface area (Å²) in [6, 6.07) is 13.6. The molecule has 1 fully saturated rings. The Balaban J connectivity index is 1.47. The maximum atomic E-state index is 12.5. The van der Waals surface area contributed by atoms with Crippen LogP contribution in [0.3, 0.4) is 0 Å². The van der Waals surface area contributed by atoms with Crippen molar-refractivity contribution < 1.29 is 9.53 Å². The van der Waals surface area contributed by atoms with Crippen LogP contribution in [0.5, 0.6) is 0 Å². The summed E-state index contributed by atoms with van der Waals surface area (Å²) in [5.41, 5.74) is 1.55. The molecule has 0 radical (unpaired) electrons. The molecule has 1 saturated heterocycles. The number of nitrogens with zero attached hydrogens (tertiary/aromatic N) is 4. The highest BCUT2D eigenvalue weighted by molar-refractivity contribution is 7.80. The van der Waals surface area contributed by atoms with E-state index in [2.05, 4.69) is 25.1 Å². The largest absolute Gasteiger partial charge is 0.462 e. The first-order valence-electron chi connectivity index (χ1n) is 10.1. The Kier molecular flexibility index (Phi) is 6.73. The molecule has 2 aromatic heterocycles. The second kappa shape index (κ2) is 9.84. The van der Waals surface area contributed by atoms with Gasteiger partial charge in [-0.25, -0.2) is 14.8 Å². The van der Waals surface area contributed by atoms with Crippen LogP contribution < -0.4 is 10.2 Å². The van der Waals surface area contributed by atoms with E-state index in [9.17, 15) is 4.79 Å². The molecule has 9 heteroatoms. The van der Waals surface area contributed by atoms with E-state index in [0.29, 0.717) is 22.3 Å².